The third-order valence-electron chi connectivity index (χ3n) is 3.80. The van der Waals surface area contributed by atoms with E-state index in [1.54, 1.807) is 24.3 Å². The zero-order chi connectivity index (χ0) is 20.0. The molecular weight excluding hydrogens is 396 g/mol. The van der Waals surface area contributed by atoms with Gasteiger partial charge in [-0.2, -0.15) is 8.42 Å². The molecule has 0 fully saturated rings. The van der Waals surface area contributed by atoms with Gasteiger partial charge in [-0.05, 0) is 55.5 Å². The number of hydrogen-bond donors (Lipinski definition) is 1. The number of amidine groups is 1. The first-order chi connectivity index (χ1) is 13.5. The maximum atomic E-state index is 12.8. The van der Waals surface area contributed by atoms with E-state index in [4.69, 9.17) is 16.3 Å². The zero-order valence-electron chi connectivity index (χ0n) is 15.2. The lowest BCUT2D eigenvalue weighted by Gasteiger charge is -2.11. The smallest absolute Gasteiger partial charge is 0.284 e. The second-order valence-corrected chi connectivity index (χ2v) is 7.86. The van der Waals surface area contributed by atoms with Gasteiger partial charge >= 0.3 is 0 Å². The minimum Gasteiger partial charge on any atom is -0.494 e. The Morgan fingerprint density at radius 2 is 1.61 bits per heavy atom. The first kappa shape index (κ1) is 19.9. The van der Waals surface area contributed by atoms with Gasteiger partial charge in [0.15, 0.2) is 5.84 Å². The Bertz CT molecular complexity index is 1050. The number of anilines is 1. The third kappa shape index (κ3) is 5.12. The highest BCUT2D eigenvalue weighted by atomic mass is 35.5. The SMILES string of the molecule is CCOc1ccc(N/C(=N/S(=O)(=O)c2ccc(Cl)cc2)c2ccccc2)cc1. The Morgan fingerprint density at radius 1 is 0.964 bits per heavy atom. The molecule has 0 aliphatic rings. The van der Waals surface area contributed by atoms with Crippen LogP contribution in [0.2, 0.25) is 5.02 Å². The molecule has 0 heterocycles. The van der Waals surface area contributed by atoms with Gasteiger partial charge in [-0.25, -0.2) is 0 Å². The lowest BCUT2D eigenvalue weighted by molar-refractivity contribution is 0.340. The molecule has 28 heavy (non-hydrogen) atoms. The molecular formula is C21H19ClN2O3S. The highest BCUT2D eigenvalue weighted by molar-refractivity contribution is 7.90. The summed E-state index contributed by atoms with van der Waals surface area (Å²) in [6.45, 7) is 2.48. The minimum absolute atomic E-state index is 0.0684. The molecule has 144 valence electrons. The molecule has 1 N–H and O–H groups in total. The van der Waals surface area contributed by atoms with E-state index in [-0.39, 0.29) is 10.7 Å². The molecule has 3 aromatic rings. The van der Waals surface area contributed by atoms with Crippen LogP contribution in [0.3, 0.4) is 0 Å². The average molecular weight is 415 g/mol. The second kappa shape index (κ2) is 8.91. The van der Waals surface area contributed by atoms with Crippen molar-refractivity contribution < 1.29 is 13.2 Å². The standard InChI is InChI=1S/C21H19ClN2O3S/c1-2-27-19-12-10-18(11-13-19)23-21(16-6-4-3-5-7-16)24-28(25,26)20-14-8-17(22)9-15-20/h3-15H,2H2,1H3,(H,23,24). The lowest BCUT2D eigenvalue weighted by atomic mass is 10.2. The summed E-state index contributed by atoms with van der Waals surface area (Å²) in [5.41, 5.74) is 1.34. The van der Waals surface area contributed by atoms with E-state index in [2.05, 4.69) is 9.71 Å². The summed E-state index contributed by atoms with van der Waals surface area (Å²) in [4.78, 5) is 0.0684. The van der Waals surface area contributed by atoms with Crippen molar-refractivity contribution in [2.24, 2.45) is 4.40 Å². The molecule has 0 bridgehead atoms. The van der Waals surface area contributed by atoms with E-state index in [1.807, 2.05) is 37.3 Å². The van der Waals surface area contributed by atoms with Crippen LogP contribution in [0.15, 0.2) is 88.2 Å². The Hall–Kier alpha value is -2.83. The van der Waals surface area contributed by atoms with E-state index in [0.717, 1.165) is 5.75 Å². The third-order valence-corrected chi connectivity index (χ3v) is 5.34. The highest BCUT2D eigenvalue weighted by Gasteiger charge is 2.16. The average Bonchev–Trinajstić information content (AvgIpc) is 2.70. The molecule has 0 aliphatic carbocycles. The summed E-state index contributed by atoms with van der Waals surface area (Å²) < 4.78 is 35.0. The molecule has 3 aromatic carbocycles. The predicted molar refractivity (Wildman–Crippen MR) is 113 cm³/mol. The van der Waals surface area contributed by atoms with Gasteiger partial charge in [0.2, 0.25) is 0 Å². The van der Waals surface area contributed by atoms with Crippen LogP contribution in [0.25, 0.3) is 0 Å². The van der Waals surface area contributed by atoms with Crippen LogP contribution < -0.4 is 10.1 Å². The molecule has 0 spiro atoms. The summed E-state index contributed by atoms with van der Waals surface area (Å²) in [6.07, 6.45) is 0. The van der Waals surface area contributed by atoms with E-state index in [0.29, 0.717) is 22.9 Å². The monoisotopic (exact) mass is 414 g/mol. The molecule has 0 saturated carbocycles. The normalized spacial score (nSPS) is 11.9. The van der Waals surface area contributed by atoms with Crippen molar-refractivity contribution in [3.63, 3.8) is 0 Å². The number of sulfonamides is 1. The fourth-order valence-electron chi connectivity index (χ4n) is 2.46. The minimum atomic E-state index is -3.92. The first-order valence-electron chi connectivity index (χ1n) is 8.64. The van der Waals surface area contributed by atoms with Gasteiger partial charge in [0.05, 0.1) is 11.5 Å². The van der Waals surface area contributed by atoms with Crippen molar-refractivity contribution in [1.82, 2.24) is 0 Å². The van der Waals surface area contributed by atoms with E-state index in [9.17, 15) is 8.42 Å². The largest absolute Gasteiger partial charge is 0.494 e. The Balaban J connectivity index is 1.97. The molecule has 5 nitrogen and oxygen atoms in total. The Labute approximate surface area is 169 Å². The van der Waals surface area contributed by atoms with Crippen LogP contribution in [-0.2, 0) is 10.0 Å². The lowest BCUT2D eigenvalue weighted by Crippen LogP contribution is -2.16. The summed E-state index contributed by atoms with van der Waals surface area (Å²) in [7, 11) is -3.92. The summed E-state index contributed by atoms with van der Waals surface area (Å²) in [5, 5.41) is 3.55. The van der Waals surface area contributed by atoms with Gasteiger partial charge in [0.25, 0.3) is 10.0 Å². The fourth-order valence-corrected chi connectivity index (χ4v) is 3.56. The van der Waals surface area contributed by atoms with Gasteiger partial charge < -0.3 is 10.1 Å². The fraction of sp³-hybridized carbons (Fsp3) is 0.0952. The van der Waals surface area contributed by atoms with Crippen molar-refractivity contribution >= 4 is 33.1 Å². The molecule has 0 amide bonds. The number of nitrogens with zero attached hydrogens (tertiary/aromatic N) is 1. The van der Waals surface area contributed by atoms with Crippen molar-refractivity contribution in [3.8, 4) is 5.75 Å². The van der Waals surface area contributed by atoms with Gasteiger partial charge in [0.1, 0.15) is 5.75 Å². The van der Waals surface area contributed by atoms with Crippen molar-refractivity contribution in [1.29, 1.82) is 0 Å². The summed E-state index contributed by atoms with van der Waals surface area (Å²) >= 11 is 5.85. The molecule has 0 unspecified atom stereocenters. The number of rotatable bonds is 6. The highest BCUT2D eigenvalue weighted by Crippen LogP contribution is 2.20. The van der Waals surface area contributed by atoms with E-state index in [1.165, 1.54) is 24.3 Å². The zero-order valence-corrected chi connectivity index (χ0v) is 16.7. The van der Waals surface area contributed by atoms with Crippen LogP contribution in [0.4, 0.5) is 5.69 Å². The maximum absolute atomic E-state index is 12.8. The Morgan fingerprint density at radius 3 is 2.21 bits per heavy atom. The van der Waals surface area contributed by atoms with Crippen LogP contribution in [0, 0.1) is 0 Å². The van der Waals surface area contributed by atoms with E-state index < -0.39 is 10.0 Å². The number of nitrogens with one attached hydrogen (secondary N) is 1. The number of hydrogen-bond acceptors (Lipinski definition) is 3. The molecule has 0 radical (unpaired) electrons. The van der Waals surface area contributed by atoms with Gasteiger partial charge in [0, 0.05) is 16.3 Å². The van der Waals surface area contributed by atoms with Gasteiger partial charge in [-0.15, -0.1) is 4.40 Å². The molecule has 0 saturated heterocycles. The van der Waals surface area contributed by atoms with Crippen LogP contribution in [-0.4, -0.2) is 20.9 Å². The number of ether oxygens (including phenoxy) is 1. The molecule has 7 heteroatoms. The molecule has 0 atom stereocenters. The quantitative estimate of drug-likeness (QED) is 0.456. The van der Waals surface area contributed by atoms with Crippen LogP contribution in [0.1, 0.15) is 12.5 Å². The topological polar surface area (TPSA) is 67.8 Å². The summed E-state index contributed by atoms with van der Waals surface area (Å²) in [6, 6.07) is 22.2. The molecule has 3 rings (SSSR count). The van der Waals surface area contributed by atoms with Crippen molar-refractivity contribution in [2.75, 3.05) is 11.9 Å². The predicted octanol–water partition coefficient (Wildman–Crippen LogP) is 4.99. The van der Waals surface area contributed by atoms with Crippen molar-refractivity contribution in [3.05, 3.63) is 89.4 Å². The number of halogens is 1. The number of benzene rings is 3. The Kier molecular flexibility index (Phi) is 6.34. The molecule has 0 aromatic heterocycles. The maximum Gasteiger partial charge on any atom is 0.284 e. The molecule has 0 aliphatic heterocycles. The van der Waals surface area contributed by atoms with Gasteiger partial charge in [-0.1, -0.05) is 41.9 Å². The summed E-state index contributed by atoms with van der Waals surface area (Å²) in [5.74, 6) is 0.958. The van der Waals surface area contributed by atoms with Gasteiger partial charge in [-0.3, -0.25) is 0 Å². The van der Waals surface area contributed by atoms with E-state index >= 15 is 0 Å². The second-order valence-electron chi connectivity index (χ2n) is 5.82. The van der Waals surface area contributed by atoms with Crippen LogP contribution in [0.5, 0.6) is 5.75 Å². The first-order valence-corrected chi connectivity index (χ1v) is 10.5. The van der Waals surface area contributed by atoms with Crippen molar-refractivity contribution in [2.45, 2.75) is 11.8 Å². The van der Waals surface area contributed by atoms with Crippen LogP contribution >= 0.6 is 11.6 Å².